The van der Waals surface area contributed by atoms with Crippen LogP contribution in [0.25, 0.3) is 6.08 Å². The molecule has 2 aromatic carbocycles. The number of ether oxygens (including phenoxy) is 1. The number of anilines is 1. The van der Waals surface area contributed by atoms with Gasteiger partial charge in [0.15, 0.2) is 0 Å². The molecule has 1 aromatic heterocycles. The SMILES string of the molecule is CC1=NN(c2ccccc2)C(=O)/C1=C/c1ccc(Oc2ccc([N+](=O)[O-])cn2)cc1. The van der Waals surface area contributed by atoms with Crippen LogP contribution in [0, 0.1) is 10.1 Å². The third-order valence-electron chi connectivity index (χ3n) is 4.41. The number of aromatic nitrogens is 1. The number of nitrogens with zero attached hydrogens (tertiary/aromatic N) is 4. The van der Waals surface area contributed by atoms with Crippen LogP contribution < -0.4 is 9.75 Å². The topological polar surface area (TPSA) is 97.9 Å². The molecule has 0 atom stereocenters. The molecule has 0 bridgehead atoms. The minimum absolute atomic E-state index is 0.105. The molecular formula is C22H16N4O4. The van der Waals surface area contributed by atoms with Gasteiger partial charge in [-0.1, -0.05) is 30.3 Å². The first-order valence-electron chi connectivity index (χ1n) is 9.06. The van der Waals surface area contributed by atoms with Crippen molar-refractivity contribution in [2.75, 3.05) is 5.01 Å². The summed E-state index contributed by atoms with van der Waals surface area (Å²) >= 11 is 0. The number of amides is 1. The van der Waals surface area contributed by atoms with Crippen molar-refractivity contribution in [2.45, 2.75) is 6.92 Å². The maximum atomic E-state index is 12.8. The molecule has 148 valence electrons. The van der Waals surface area contributed by atoms with Crippen molar-refractivity contribution in [3.8, 4) is 11.6 Å². The summed E-state index contributed by atoms with van der Waals surface area (Å²) < 4.78 is 5.60. The largest absolute Gasteiger partial charge is 0.439 e. The zero-order valence-corrected chi connectivity index (χ0v) is 15.9. The Morgan fingerprint density at radius 3 is 2.40 bits per heavy atom. The normalized spacial score (nSPS) is 14.7. The summed E-state index contributed by atoms with van der Waals surface area (Å²) in [5.41, 5.74) is 2.58. The van der Waals surface area contributed by atoms with Crippen LogP contribution in [0.4, 0.5) is 11.4 Å². The Labute approximate surface area is 171 Å². The third kappa shape index (κ3) is 3.93. The molecule has 1 aliphatic rings. The monoisotopic (exact) mass is 400 g/mol. The van der Waals surface area contributed by atoms with Crippen molar-refractivity contribution in [2.24, 2.45) is 5.10 Å². The van der Waals surface area contributed by atoms with E-state index in [1.807, 2.05) is 30.3 Å². The summed E-state index contributed by atoms with van der Waals surface area (Å²) in [7, 11) is 0. The van der Waals surface area contributed by atoms with E-state index in [1.165, 1.54) is 17.1 Å². The molecule has 0 unspecified atom stereocenters. The maximum Gasteiger partial charge on any atom is 0.287 e. The third-order valence-corrected chi connectivity index (χ3v) is 4.41. The lowest BCUT2D eigenvalue weighted by Gasteiger charge is -2.11. The van der Waals surface area contributed by atoms with E-state index in [0.717, 1.165) is 11.8 Å². The number of benzene rings is 2. The molecule has 0 fully saturated rings. The molecule has 2 heterocycles. The van der Waals surface area contributed by atoms with Gasteiger partial charge in [0.2, 0.25) is 5.88 Å². The van der Waals surface area contributed by atoms with Gasteiger partial charge in [0.05, 0.1) is 21.9 Å². The Hall–Kier alpha value is -4.33. The highest BCUT2D eigenvalue weighted by Gasteiger charge is 2.28. The number of hydrogen-bond acceptors (Lipinski definition) is 6. The van der Waals surface area contributed by atoms with E-state index in [4.69, 9.17) is 4.74 Å². The van der Waals surface area contributed by atoms with E-state index in [-0.39, 0.29) is 17.5 Å². The first-order chi connectivity index (χ1) is 14.5. The molecule has 0 saturated carbocycles. The van der Waals surface area contributed by atoms with Crippen LogP contribution in [-0.2, 0) is 4.79 Å². The number of rotatable bonds is 5. The highest BCUT2D eigenvalue weighted by molar-refractivity contribution is 6.32. The van der Waals surface area contributed by atoms with Gasteiger partial charge in [-0.2, -0.15) is 10.1 Å². The predicted molar refractivity (Wildman–Crippen MR) is 112 cm³/mol. The summed E-state index contributed by atoms with van der Waals surface area (Å²) in [5, 5.41) is 16.4. The van der Waals surface area contributed by atoms with Gasteiger partial charge >= 0.3 is 0 Å². The fraction of sp³-hybridized carbons (Fsp3) is 0.0455. The van der Waals surface area contributed by atoms with Crippen LogP contribution >= 0.6 is 0 Å². The fourth-order valence-electron chi connectivity index (χ4n) is 2.89. The first kappa shape index (κ1) is 19.0. The second-order valence-corrected chi connectivity index (χ2v) is 6.48. The Kier molecular flexibility index (Phi) is 5.04. The highest BCUT2D eigenvalue weighted by Crippen LogP contribution is 2.26. The van der Waals surface area contributed by atoms with Crippen LogP contribution in [0.3, 0.4) is 0 Å². The van der Waals surface area contributed by atoms with Gasteiger partial charge in [-0.15, -0.1) is 0 Å². The number of hydrogen-bond donors (Lipinski definition) is 0. The van der Waals surface area contributed by atoms with Gasteiger partial charge in [0.1, 0.15) is 11.9 Å². The molecule has 8 nitrogen and oxygen atoms in total. The number of nitro groups is 1. The Morgan fingerprint density at radius 2 is 1.77 bits per heavy atom. The van der Waals surface area contributed by atoms with Gasteiger partial charge in [-0.05, 0) is 42.8 Å². The molecule has 1 aliphatic heterocycles. The van der Waals surface area contributed by atoms with Gasteiger partial charge in [-0.25, -0.2) is 4.98 Å². The summed E-state index contributed by atoms with van der Waals surface area (Å²) in [4.78, 5) is 26.8. The van der Waals surface area contributed by atoms with Gasteiger partial charge in [0.25, 0.3) is 11.6 Å². The van der Waals surface area contributed by atoms with Crippen LogP contribution in [0.2, 0.25) is 0 Å². The summed E-state index contributed by atoms with van der Waals surface area (Å²) in [6.07, 6.45) is 2.92. The number of para-hydroxylation sites is 1. The molecular weight excluding hydrogens is 384 g/mol. The average Bonchev–Trinajstić information content (AvgIpc) is 3.04. The van der Waals surface area contributed by atoms with E-state index in [9.17, 15) is 14.9 Å². The molecule has 30 heavy (non-hydrogen) atoms. The van der Waals surface area contributed by atoms with Crippen molar-refractivity contribution in [3.05, 3.63) is 94.2 Å². The molecule has 1 amide bonds. The number of pyridine rings is 1. The average molecular weight is 400 g/mol. The molecule has 0 aliphatic carbocycles. The molecule has 4 rings (SSSR count). The van der Waals surface area contributed by atoms with E-state index in [2.05, 4.69) is 10.1 Å². The number of carbonyl (C=O) groups excluding carboxylic acids is 1. The lowest BCUT2D eigenvalue weighted by Crippen LogP contribution is -2.21. The van der Waals surface area contributed by atoms with E-state index < -0.39 is 4.92 Å². The second kappa shape index (κ2) is 7.96. The minimum Gasteiger partial charge on any atom is -0.439 e. The lowest BCUT2D eigenvalue weighted by atomic mass is 10.1. The predicted octanol–water partition coefficient (Wildman–Crippen LogP) is 4.59. The lowest BCUT2D eigenvalue weighted by molar-refractivity contribution is -0.385. The summed E-state index contributed by atoms with van der Waals surface area (Å²) in [6, 6.07) is 19.1. The van der Waals surface area contributed by atoms with Gasteiger partial charge in [0, 0.05) is 12.1 Å². The fourth-order valence-corrected chi connectivity index (χ4v) is 2.89. The number of carbonyl (C=O) groups is 1. The van der Waals surface area contributed by atoms with Crippen LogP contribution in [0.5, 0.6) is 11.6 Å². The molecule has 0 radical (unpaired) electrons. The number of hydrazone groups is 1. The molecule has 0 N–H and O–H groups in total. The molecule has 3 aromatic rings. The summed E-state index contributed by atoms with van der Waals surface area (Å²) in [6.45, 7) is 1.80. The molecule has 0 spiro atoms. The van der Waals surface area contributed by atoms with Crippen molar-refractivity contribution in [1.82, 2.24) is 4.98 Å². The molecule has 8 heteroatoms. The molecule has 0 saturated heterocycles. The maximum absolute atomic E-state index is 12.8. The zero-order valence-electron chi connectivity index (χ0n) is 15.9. The standard InChI is InChI=1S/C22H16N4O4/c1-15-20(22(27)25(24-15)17-5-3-2-4-6-17)13-16-7-10-19(11-8-16)30-21-12-9-18(14-23-21)26(28)29/h2-14H,1H3/b20-13+. The smallest absolute Gasteiger partial charge is 0.287 e. The zero-order chi connectivity index (χ0) is 21.1. The minimum atomic E-state index is -0.520. The van der Waals surface area contributed by atoms with E-state index in [0.29, 0.717) is 22.7 Å². The van der Waals surface area contributed by atoms with Crippen molar-refractivity contribution in [1.29, 1.82) is 0 Å². The first-order valence-corrected chi connectivity index (χ1v) is 9.06. The van der Waals surface area contributed by atoms with Crippen LogP contribution in [-0.4, -0.2) is 21.5 Å². The Bertz CT molecular complexity index is 1150. The van der Waals surface area contributed by atoms with Crippen LogP contribution in [0.15, 0.2) is 83.6 Å². The Balaban J connectivity index is 1.49. The van der Waals surface area contributed by atoms with Gasteiger partial charge < -0.3 is 4.74 Å². The van der Waals surface area contributed by atoms with Gasteiger partial charge in [-0.3, -0.25) is 14.9 Å². The van der Waals surface area contributed by atoms with E-state index in [1.54, 1.807) is 37.3 Å². The second-order valence-electron chi connectivity index (χ2n) is 6.48. The van der Waals surface area contributed by atoms with E-state index >= 15 is 0 Å². The summed E-state index contributed by atoms with van der Waals surface area (Å²) in [5.74, 6) is 0.584. The van der Waals surface area contributed by atoms with Crippen LogP contribution in [0.1, 0.15) is 12.5 Å². The quantitative estimate of drug-likeness (QED) is 0.354. The van der Waals surface area contributed by atoms with Crippen molar-refractivity contribution in [3.63, 3.8) is 0 Å². The van der Waals surface area contributed by atoms with Crippen molar-refractivity contribution >= 4 is 29.1 Å². The van der Waals surface area contributed by atoms with Crippen molar-refractivity contribution < 1.29 is 14.5 Å². The highest BCUT2D eigenvalue weighted by atomic mass is 16.6. The Morgan fingerprint density at radius 1 is 1.03 bits per heavy atom.